The zero-order valence-corrected chi connectivity index (χ0v) is 10.8. The van der Waals surface area contributed by atoms with Gasteiger partial charge in [-0.1, -0.05) is 0 Å². The van der Waals surface area contributed by atoms with Crippen LogP contribution < -0.4 is 5.73 Å². The Bertz CT molecular complexity index is 558. The molecule has 0 saturated carbocycles. The molecule has 2 heterocycles. The number of carbonyl (C=O) groups is 1. The molecule has 0 unspecified atom stereocenters. The predicted molar refractivity (Wildman–Crippen MR) is 63.5 cm³/mol. The molecular formula is C10H15N3O4S. The highest BCUT2D eigenvalue weighted by atomic mass is 32.2. The van der Waals surface area contributed by atoms with E-state index in [-0.39, 0.29) is 10.6 Å². The highest BCUT2D eigenvalue weighted by Gasteiger charge is 2.28. The van der Waals surface area contributed by atoms with E-state index in [1.54, 1.807) is 7.05 Å². The molecule has 0 bridgehead atoms. The van der Waals surface area contributed by atoms with Crippen molar-refractivity contribution < 1.29 is 17.9 Å². The van der Waals surface area contributed by atoms with Crippen LogP contribution in [0, 0.1) is 0 Å². The van der Waals surface area contributed by atoms with Crippen LogP contribution in [0.3, 0.4) is 0 Å². The topological polar surface area (TPSA) is 94.6 Å². The molecule has 0 aliphatic carbocycles. The lowest BCUT2D eigenvalue weighted by Crippen LogP contribution is -2.40. The van der Waals surface area contributed by atoms with Gasteiger partial charge in [0.25, 0.3) is 5.91 Å². The largest absolute Gasteiger partial charge is 0.379 e. The van der Waals surface area contributed by atoms with Gasteiger partial charge < -0.3 is 15.0 Å². The van der Waals surface area contributed by atoms with Crippen LogP contribution in [0.4, 0.5) is 0 Å². The molecule has 18 heavy (non-hydrogen) atoms. The maximum Gasteiger partial charge on any atom is 0.265 e. The Balaban J connectivity index is 2.35. The van der Waals surface area contributed by atoms with E-state index in [2.05, 4.69) is 0 Å². The van der Waals surface area contributed by atoms with Crippen LogP contribution in [0.1, 0.15) is 10.5 Å². The number of primary amides is 1. The minimum absolute atomic E-state index is 0.0840. The molecule has 2 N–H and O–H groups in total. The van der Waals surface area contributed by atoms with Gasteiger partial charge >= 0.3 is 0 Å². The summed E-state index contributed by atoms with van der Waals surface area (Å²) in [4.78, 5) is 11.2. The molecule has 1 amide bonds. The molecule has 0 atom stereocenters. The molecule has 100 valence electrons. The summed E-state index contributed by atoms with van der Waals surface area (Å²) >= 11 is 0. The number of ether oxygens (including phenoxy) is 1. The summed E-state index contributed by atoms with van der Waals surface area (Å²) in [5, 5.41) is 0. The SMILES string of the molecule is Cn1cc(S(=O)(=O)N2CCOCC2)cc1C(N)=O. The highest BCUT2D eigenvalue weighted by molar-refractivity contribution is 7.89. The third-order valence-electron chi connectivity index (χ3n) is 2.84. The van der Waals surface area contributed by atoms with Gasteiger partial charge in [0.15, 0.2) is 0 Å². The Labute approximate surface area is 105 Å². The molecule has 1 aromatic rings. The van der Waals surface area contributed by atoms with Crippen molar-refractivity contribution in [2.24, 2.45) is 12.8 Å². The summed E-state index contributed by atoms with van der Waals surface area (Å²) in [5.74, 6) is -0.652. The molecular weight excluding hydrogens is 258 g/mol. The molecule has 7 nitrogen and oxygen atoms in total. The summed E-state index contributed by atoms with van der Waals surface area (Å²) in [5.41, 5.74) is 5.33. The number of amides is 1. The van der Waals surface area contributed by atoms with E-state index in [1.807, 2.05) is 0 Å². The van der Waals surface area contributed by atoms with Gasteiger partial charge in [0.2, 0.25) is 10.0 Å². The van der Waals surface area contributed by atoms with E-state index in [0.29, 0.717) is 26.3 Å². The lowest BCUT2D eigenvalue weighted by molar-refractivity contribution is 0.0730. The van der Waals surface area contributed by atoms with Crippen LogP contribution in [0.2, 0.25) is 0 Å². The van der Waals surface area contributed by atoms with E-state index in [1.165, 1.54) is 21.1 Å². The fraction of sp³-hybridized carbons (Fsp3) is 0.500. The van der Waals surface area contributed by atoms with Crippen molar-refractivity contribution in [1.82, 2.24) is 8.87 Å². The van der Waals surface area contributed by atoms with Gasteiger partial charge in [-0.3, -0.25) is 4.79 Å². The van der Waals surface area contributed by atoms with Gasteiger partial charge in [-0.05, 0) is 6.07 Å². The van der Waals surface area contributed by atoms with Crippen molar-refractivity contribution in [1.29, 1.82) is 0 Å². The standard InChI is InChI=1S/C10H15N3O4S/c1-12-7-8(6-9(12)10(11)14)18(15,16)13-2-4-17-5-3-13/h6-7H,2-5H2,1H3,(H2,11,14). The number of aryl methyl sites for hydroxylation is 1. The third-order valence-corrected chi connectivity index (χ3v) is 4.70. The molecule has 8 heteroatoms. The lowest BCUT2D eigenvalue weighted by atomic mass is 10.4. The zero-order valence-electron chi connectivity index (χ0n) is 10.00. The summed E-state index contributed by atoms with van der Waals surface area (Å²) < 4.78 is 32.4. The smallest absolute Gasteiger partial charge is 0.265 e. The number of sulfonamides is 1. The number of hydrogen-bond donors (Lipinski definition) is 1. The van der Waals surface area contributed by atoms with E-state index in [4.69, 9.17) is 10.5 Å². The molecule has 1 fully saturated rings. The van der Waals surface area contributed by atoms with E-state index in [9.17, 15) is 13.2 Å². The lowest BCUT2D eigenvalue weighted by Gasteiger charge is -2.25. The first-order valence-corrected chi connectivity index (χ1v) is 6.91. The van der Waals surface area contributed by atoms with Crippen LogP contribution in [-0.2, 0) is 21.8 Å². The van der Waals surface area contributed by atoms with Gasteiger partial charge in [0, 0.05) is 26.3 Å². The average Bonchev–Trinajstić information content (AvgIpc) is 2.73. The third kappa shape index (κ3) is 2.26. The van der Waals surface area contributed by atoms with Crippen molar-refractivity contribution in [3.05, 3.63) is 18.0 Å². The zero-order chi connectivity index (χ0) is 13.3. The molecule has 1 aliphatic rings. The first-order valence-electron chi connectivity index (χ1n) is 5.47. The number of aromatic nitrogens is 1. The maximum absolute atomic E-state index is 12.3. The molecule has 1 aliphatic heterocycles. The van der Waals surface area contributed by atoms with Crippen LogP contribution in [-0.4, -0.2) is 49.5 Å². The van der Waals surface area contributed by atoms with Crippen molar-refractivity contribution in [3.63, 3.8) is 0 Å². The Hall–Kier alpha value is -1.38. The Kier molecular flexibility index (Phi) is 3.42. The first-order chi connectivity index (χ1) is 8.43. The fourth-order valence-electron chi connectivity index (χ4n) is 1.86. The van der Waals surface area contributed by atoms with Gasteiger partial charge in [0.05, 0.1) is 13.2 Å². The Morgan fingerprint density at radius 1 is 1.39 bits per heavy atom. The molecule has 0 radical (unpaired) electrons. The molecule has 0 spiro atoms. The van der Waals surface area contributed by atoms with Gasteiger partial charge in [-0.25, -0.2) is 8.42 Å². The number of nitrogens with zero attached hydrogens (tertiary/aromatic N) is 2. The van der Waals surface area contributed by atoms with Crippen LogP contribution in [0.15, 0.2) is 17.2 Å². The highest BCUT2D eigenvalue weighted by Crippen LogP contribution is 2.19. The van der Waals surface area contributed by atoms with E-state index >= 15 is 0 Å². The second-order valence-corrected chi connectivity index (χ2v) is 5.99. The van der Waals surface area contributed by atoms with Crippen molar-refractivity contribution in [2.75, 3.05) is 26.3 Å². The van der Waals surface area contributed by atoms with Crippen molar-refractivity contribution in [3.8, 4) is 0 Å². The normalized spacial score (nSPS) is 17.8. The van der Waals surface area contributed by atoms with Crippen LogP contribution >= 0.6 is 0 Å². The number of hydrogen-bond acceptors (Lipinski definition) is 4. The maximum atomic E-state index is 12.3. The number of carbonyl (C=O) groups excluding carboxylic acids is 1. The summed E-state index contributed by atoms with van der Waals surface area (Å²) in [6.07, 6.45) is 1.39. The first kappa shape index (κ1) is 13.1. The van der Waals surface area contributed by atoms with Crippen molar-refractivity contribution in [2.45, 2.75) is 4.90 Å². The number of morpholine rings is 1. The summed E-state index contributed by atoms with van der Waals surface area (Å²) in [7, 11) is -1.99. The Morgan fingerprint density at radius 3 is 2.50 bits per heavy atom. The van der Waals surface area contributed by atoms with Gasteiger partial charge in [-0.15, -0.1) is 0 Å². The minimum Gasteiger partial charge on any atom is -0.379 e. The monoisotopic (exact) mass is 273 g/mol. The molecule has 1 saturated heterocycles. The van der Waals surface area contributed by atoms with Crippen molar-refractivity contribution >= 4 is 15.9 Å². The van der Waals surface area contributed by atoms with E-state index < -0.39 is 15.9 Å². The van der Waals surface area contributed by atoms with Gasteiger partial charge in [-0.2, -0.15) is 4.31 Å². The van der Waals surface area contributed by atoms with Gasteiger partial charge in [0.1, 0.15) is 10.6 Å². The molecule has 0 aromatic carbocycles. The van der Waals surface area contributed by atoms with Crippen LogP contribution in [0.25, 0.3) is 0 Å². The van der Waals surface area contributed by atoms with Crippen LogP contribution in [0.5, 0.6) is 0 Å². The summed E-state index contributed by atoms with van der Waals surface area (Å²) in [6.45, 7) is 1.41. The summed E-state index contributed by atoms with van der Waals surface area (Å²) in [6, 6.07) is 1.30. The predicted octanol–water partition coefficient (Wildman–Crippen LogP) is -0.855. The Morgan fingerprint density at radius 2 is 2.00 bits per heavy atom. The fourth-order valence-corrected chi connectivity index (χ4v) is 3.34. The average molecular weight is 273 g/mol. The molecule has 2 rings (SSSR count). The number of rotatable bonds is 3. The quantitative estimate of drug-likeness (QED) is 0.775. The number of nitrogens with two attached hydrogens (primary N) is 1. The van der Waals surface area contributed by atoms with E-state index in [0.717, 1.165) is 0 Å². The minimum atomic E-state index is -3.57. The second kappa shape index (κ2) is 4.71. The second-order valence-electron chi connectivity index (χ2n) is 4.05. The molecule has 1 aromatic heterocycles.